The Morgan fingerprint density at radius 3 is 2.74 bits per heavy atom. The first-order valence-corrected chi connectivity index (χ1v) is 9.42. The minimum atomic E-state index is -0.327. The van der Waals surface area contributed by atoms with E-state index in [0.29, 0.717) is 12.1 Å². The van der Waals surface area contributed by atoms with Crippen LogP contribution in [-0.4, -0.2) is 23.3 Å². The normalized spacial score (nSPS) is 13.6. The van der Waals surface area contributed by atoms with Crippen molar-refractivity contribution in [1.29, 1.82) is 0 Å². The molecule has 2 aromatic rings. The molecule has 5 heteroatoms. The van der Waals surface area contributed by atoms with Gasteiger partial charge in [-0.25, -0.2) is 0 Å². The standard InChI is InChI=1S/C22H25N3O2/c1-16-7-5-6-10-19(16)25-22(27)20-15-18(12-14-23-20)21(26)24-13-11-17-8-3-2-4-9-17/h5-8,10,12,14-15H,2-4,9,11,13H2,1H3,(H,24,26)(H,25,27). The number of para-hydroxylation sites is 1. The Kier molecular flexibility index (Phi) is 6.36. The molecule has 0 radical (unpaired) electrons. The number of hydrogen-bond acceptors (Lipinski definition) is 3. The van der Waals surface area contributed by atoms with Crippen molar-refractivity contribution in [3.63, 3.8) is 0 Å². The highest BCUT2D eigenvalue weighted by Crippen LogP contribution is 2.19. The highest BCUT2D eigenvalue weighted by atomic mass is 16.2. The molecular weight excluding hydrogens is 338 g/mol. The molecule has 2 amide bonds. The van der Waals surface area contributed by atoms with Crippen LogP contribution in [0.25, 0.3) is 0 Å². The number of aryl methyl sites for hydroxylation is 1. The molecule has 0 spiro atoms. The fourth-order valence-corrected chi connectivity index (χ4v) is 3.17. The van der Waals surface area contributed by atoms with E-state index in [1.54, 1.807) is 6.07 Å². The van der Waals surface area contributed by atoms with E-state index in [4.69, 9.17) is 0 Å². The molecule has 1 aromatic carbocycles. The van der Waals surface area contributed by atoms with Crippen molar-refractivity contribution in [2.24, 2.45) is 0 Å². The predicted molar refractivity (Wildman–Crippen MR) is 107 cm³/mol. The minimum Gasteiger partial charge on any atom is -0.352 e. The number of carbonyl (C=O) groups excluding carboxylic acids is 2. The van der Waals surface area contributed by atoms with Crippen LogP contribution in [0.15, 0.2) is 54.2 Å². The van der Waals surface area contributed by atoms with Gasteiger partial charge in [-0.2, -0.15) is 0 Å². The maximum atomic E-state index is 12.4. The second-order valence-electron chi connectivity index (χ2n) is 6.81. The second kappa shape index (κ2) is 9.12. The lowest BCUT2D eigenvalue weighted by molar-refractivity contribution is 0.0954. The minimum absolute atomic E-state index is 0.182. The molecule has 0 bridgehead atoms. The van der Waals surface area contributed by atoms with Crippen LogP contribution in [0.2, 0.25) is 0 Å². The maximum Gasteiger partial charge on any atom is 0.274 e. The van der Waals surface area contributed by atoms with Crippen LogP contribution in [0.4, 0.5) is 5.69 Å². The number of pyridine rings is 1. The molecule has 3 rings (SSSR count). The zero-order valence-electron chi connectivity index (χ0n) is 15.6. The monoisotopic (exact) mass is 363 g/mol. The van der Waals surface area contributed by atoms with Crippen molar-refractivity contribution < 1.29 is 9.59 Å². The third-order valence-corrected chi connectivity index (χ3v) is 4.76. The number of nitrogens with zero attached hydrogens (tertiary/aromatic N) is 1. The van der Waals surface area contributed by atoms with Gasteiger partial charge >= 0.3 is 0 Å². The van der Waals surface area contributed by atoms with Gasteiger partial charge in [0.25, 0.3) is 11.8 Å². The molecule has 0 saturated heterocycles. The van der Waals surface area contributed by atoms with Crippen LogP contribution < -0.4 is 10.6 Å². The number of nitrogens with one attached hydrogen (secondary N) is 2. The third kappa shape index (κ3) is 5.26. The van der Waals surface area contributed by atoms with Gasteiger partial charge in [-0.05, 0) is 62.8 Å². The van der Waals surface area contributed by atoms with Gasteiger partial charge in [-0.3, -0.25) is 14.6 Å². The molecule has 0 aliphatic heterocycles. The summed E-state index contributed by atoms with van der Waals surface area (Å²) in [5.41, 5.74) is 3.80. The predicted octanol–water partition coefficient (Wildman–Crippen LogP) is 4.26. The van der Waals surface area contributed by atoms with Crippen LogP contribution in [0.1, 0.15) is 58.5 Å². The van der Waals surface area contributed by atoms with Gasteiger partial charge in [0.15, 0.2) is 0 Å². The van der Waals surface area contributed by atoms with E-state index in [1.807, 2.05) is 31.2 Å². The maximum absolute atomic E-state index is 12.4. The first-order chi connectivity index (χ1) is 13.1. The lowest BCUT2D eigenvalue weighted by Crippen LogP contribution is -2.25. The van der Waals surface area contributed by atoms with Crippen molar-refractivity contribution in [1.82, 2.24) is 10.3 Å². The van der Waals surface area contributed by atoms with E-state index in [0.717, 1.165) is 30.5 Å². The fraction of sp³-hybridized carbons (Fsp3) is 0.318. The summed E-state index contributed by atoms with van der Waals surface area (Å²) in [7, 11) is 0. The number of hydrogen-bond donors (Lipinski definition) is 2. The molecule has 0 atom stereocenters. The molecule has 27 heavy (non-hydrogen) atoms. The first-order valence-electron chi connectivity index (χ1n) is 9.42. The lowest BCUT2D eigenvalue weighted by atomic mass is 9.97. The summed E-state index contributed by atoms with van der Waals surface area (Å²) in [6, 6.07) is 10.7. The third-order valence-electron chi connectivity index (χ3n) is 4.76. The molecule has 5 nitrogen and oxygen atoms in total. The molecule has 1 aromatic heterocycles. The summed E-state index contributed by atoms with van der Waals surface area (Å²) in [6.45, 7) is 2.53. The van der Waals surface area contributed by atoms with Gasteiger partial charge in [0.2, 0.25) is 0 Å². The van der Waals surface area contributed by atoms with Gasteiger partial charge in [0.1, 0.15) is 5.69 Å². The Bertz CT molecular complexity index is 858. The summed E-state index contributed by atoms with van der Waals surface area (Å²) in [4.78, 5) is 28.9. The number of benzene rings is 1. The average Bonchev–Trinajstić information content (AvgIpc) is 2.70. The van der Waals surface area contributed by atoms with Crippen molar-refractivity contribution in [2.75, 3.05) is 11.9 Å². The average molecular weight is 363 g/mol. The SMILES string of the molecule is Cc1ccccc1NC(=O)c1cc(C(=O)NCCC2=CCCCC2)ccn1. The molecular formula is C22H25N3O2. The quantitative estimate of drug-likeness (QED) is 0.753. The smallest absolute Gasteiger partial charge is 0.274 e. The summed E-state index contributed by atoms with van der Waals surface area (Å²) in [6.07, 6.45) is 9.45. The van der Waals surface area contributed by atoms with Crippen LogP contribution >= 0.6 is 0 Å². The Balaban J connectivity index is 1.59. The van der Waals surface area contributed by atoms with E-state index < -0.39 is 0 Å². The Morgan fingerprint density at radius 2 is 1.96 bits per heavy atom. The van der Waals surface area contributed by atoms with Crippen molar-refractivity contribution in [3.05, 3.63) is 71.1 Å². The van der Waals surface area contributed by atoms with E-state index >= 15 is 0 Å². The topological polar surface area (TPSA) is 71.1 Å². The second-order valence-corrected chi connectivity index (χ2v) is 6.81. The number of rotatable bonds is 6. The number of carbonyl (C=O) groups is 2. The molecule has 1 aliphatic rings. The van der Waals surface area contributed by atoms with Crippen molar-refractivity contribution >= 4 is 17.5 Å². The summed E-state index contributed by atoms with van der Waals surface area (Å²) in [5, 5.41) is 5.77. The molecule has 0 fully saturated rings. The fourth-order valence-electron chi connectivity index (χ4n) is 3.17. The van der Waals surface area contributed by atoms with E-state index in [2.05, 4.69) is 21.7 Å². The van der Waals surface area contributed by atoms with Crippen molar-refractivity contribution in [2.45, 2.75) is 39.0 Å². The summed E-state index contributed by atoms with van der Waals surface area (Å²) >= 11 is 0. The molecule has 0 unspecified atom stereocenters. The molecule has 1 aliphatic carbocycles. The van der Waals surface area contributed by atoms with Gasteiger partial charge in [-0.15, -0.1) is 0 Å². The van der Waals surface area contributed by atoms with Crippen LogP contribution in [0.5, 0.6) is 0 Å². The van der Waals surface area contributed by atoms with Crippen molar-refractivity contribution in [3.8, 4) is 0 Å². The van der Waals surface area contributed by atoms with E-state index in [-0.39, 0.29) is 17.5 Å². The van der Waals surface area contributed by atoms with Gasteiger partial charge < -0.3 is 10.6 Å². The van der Waals surface area contributed by atoms with Crippen LogP contribution in [-0.2, 0) is 0 Å². The molecule has 140 valence electrons. The highest BCUT2D eigenvalue weighted by Gasteiger charge is 2.13. The molecule has 1 heterocycles. The van der Waals surface area contributed by atoms with E-state index in [1.165, 1.54) is 30.7 Å². The molecule has 0 saturated carbocycles. The van der Waals surface area contributed by atoms with E-state index in [9.17, 15) is 9.59 Å². The van der Waals surface area contributed by atoms with Crippen LogP contribution in [0.3, 0.4) is 0 Å². The summed E-state index contributed by atoms with van der Waals surface area (Å²) in [5.74, 6) is -0.509. The molecule has 2 N–H and O–H groups in total. The highest BCUT2D eigenvalue weighted by molar-refractivity contribution is 6.05. The zero-order valence-corrected chi connectivity index (χ0v) is 15.6. The Morgan fingerprint density at radius 1 is 1.11 bits per heavy atom. The first kappa shape index (κ1) is 18.8. The Labute approximate surface area is 159 Å². The number of amides is 2. The number of aromatic nitrogens is 1. The van der Waals surface area contributed by atoms with Gasteiger partial charge in [-0.1, -0.05) is 29.8 Å². The van der Waals surface area contributed by atoms with Gasteiger partial charge in [0.05, 0.1) is 0 Å². The van der Waals surface area contributed by atoms with Crippen LogP contribution in [0, 0.1) is 6.92 Å². The number of allylic oxidation sites excluding steroid dienone is 1. The van der Waals surface area contributed by atoms with Gasteiger partial charge in [0, 0.05) is 24.0 Å². The lowest BCUT2D eigenvalue weighted by Gasteiger charge is -2.13. The Hall–Kier alpha value is -2.95. The zero-order chi connectivity index (χ0) is 19.1. The summed E-state index contributed by atoms with van der Waals surface area (Å²) < 4.78 is 0. The number of anilines is 1. The largest absolute Gasteiger partial charge is 0.352 e.